The van der Waals surface area contributed by atoms with E-state index in [1.165, 1.54) is 12.1 Å². The average Bonchev–Trinajstić information content (AvgIpc) is 2.91. The number of ether oxygens (including phenoxy) is 1. The Morgan fingerprint density at radius 1 is 1.05 bits per heavy atom. The van der Waals surface area contributed by atoms with Crippen molar-refractivity contribution in [3.63, 3.8) is 0 Å². The number of nitrogens with zero attached hydrogens (tertiary/aromatic N) is 2. The van der Waals surface area contributed by atoms with Gasteiger partial charge in [-0.25, -0.2) is 4.39 Å². The summed E-state index contributed by atoms with van der Waals surface area (Å²) in [5.74, 6) is -0.599. The van der Waals surface area contributed by atoms with E-state index < -0.39 is 23.5 Å². The lowest BCUT2D eigenvalue weighted by atomic mass is 9.82. The second kappa shape index (κ2) is 9.95. The Labute approximate surface area is 212 Å². The molecule has 5 rings (SSSR count). The molecule has 37 heavy (non-hydrogen) atoms. The smallest absolute Gasteiger partial charge is 0.416 e. The maximum atomic E-state index is 14.1. The first-order chi connectivity index (χ1) is 17.7. The van der Waals surface area contributed by atoms with Crippen molar-refractivity contribution in [2.75, 3.05) is 36.5 Å². The number of carbonyl (C=O) groups is 1. The Bertz CT molecular complexity index is 1280. The van der Waals surface area contributed by atoms with E-state index in [1.807, 2.05) is 29.2 Å². The van der Waals surface area contributed by atoms with Gasteiger partial charge in [0, 0.05) is 43.1 Å². The van der Waals surface area contributed by atoms with Crippen LogP contribution in [0, 0.1) is 11.7 Å². The highest BCUT2D eigenvalue weighted by Crippen LogP contribution is 2.40. The molecule has 0 spiro atoms. The summed E-state index contributed by atoms with van der Waals surface area (Å²) in [7, 11) is 1.60. The molecule has 2 atom stereocenters. The predicted molar refractivity (Wildman–Crippen MR) is 133 cm³/mol. The van der Waals surface area contributed by atoms with Crippen molar-refractivity contribution in [2.24, 2.45) is 5.92 Å². The number of nitrogens with one attached hydrogen (secondary N) is 1. The number of rotatable bonds is 5. The van der Waals surface area contributed by atoms with Crippen molar-refractivity contribution < 1.29 is 27.1 Å². The van der Waals surface area contributed by atoms with Crippen molar-refractivity contribution in [1.29, 1.82) is 0 Å². The molecule has 1 saturated heterocycles. The zero-order valence-electron chi connectivity index (χ0n) is 20.3. The minimum absolute atomic E-state index is 0.00632. The Kier molecular flexibility index (Phi) is 6.70. The second-order valence-corrected chi connectivity index (χ2v) is 9.37. The summed E-state index contributed by atoms with van der Waals surface area (Å²) < 4.78 is 59.7. The van der Waals surface area contributed by atoms with Crippen LogP contribution in [-0.4, -0.2) is 38.7 Å². The summed E-state index contributed by atoms with van der Waals surface area (Å²) in [5, 5.41) is 2.83. The Balaban J connectivity index is 1.44. The van der Waals surface area contributed by atoms with Gasteiger partial charge in [-0.2, -0.15) is 13.2 Å². The van der Waals surface area contributed by atoms with Crippen molar-refractivity contribution in [2.45, 2.75) is 25.2 Å². The molecule has 2 heterocycles. The number of piperazine rings is 1. The van der Waals surface area contributed by atoms with Gasteiger partial charge in [-0.05, 0) is 60.5 Å². The maximum Gasteiger partial charge on any atom is 0.416 e. The molecule has 0 saturated carbocycles. The van der Waals surface area contributed by atoms with Crippen LogP contribution in [0.2, 0.25) is 0 Å². The van der Waals surface area contributed by atoms with Crippen LogP contribution in [0.3, 0.4) is 0 Å². The standard InChI is InChI=1S/C28H27F4N3O2/c1-37-22-9-7-21(8-10-22)34-12-13-35-25-11-6-20(28(30,31)32)14-19(25)15-23(26(35)17-34)27(36)33-16-18-4-2-3-5-24(18)29/h2-11,14,23,26H,12-13,15-17H2,1H3,(H,33,36)/t23-,26+/m0/s1. The van der Waals surface area contributed by atoms with Gasteiger partial charge in [0.25, 0.3) is 0 Å². The molecular weight excluding hydrogens is 486 g/mol. The molecule has 0 bridgehead atoms. The number of amides is 1. The number of carbonyl (C=O) groups excluding carboxylic acids is 1. The molecule has 0 radical (unpaired) electrons. The van der Waals surface area contributed by atoms with E-state index in [0.29, 0.717) is 30.8 Å². The highest BCUT2D eigenvalue weighted by atomic mass is 19.4. The van der Waals surface area contributed by atoms with Crippen LogP contribution in [0.1, 0.15) is 16.7 Å². The normalized spacial score (nSPS) is 19.2. The zero-order chi connectivity index (χ0) is 26.2. The Morgan fingerprint density at radius 3 is 2.51 bits per heavy atom. The summed E-state index contributed by atoms with van der Waals surface area (Å²) in [4.78, 5) is 17.7. The van der Waals surface area contributed by atoms with E-state index in [9.17, 15) is 22.4 Å². The van der Waals surface area contributed by atoms with Gasteiger partial charge in [0.05, 0.1) is 24.6 Å². The number of hydrogen-bond donors (Lipinski definition) is 1. The van der Waals surface area contributed by atoms with E-state index in [1.54, 1.807) is 25.3 Å². The third kappa shape index (κ3) is 5.08. The first-order valence-corrected chi connectivity index (χ1v) is 12.1. The predicted octanol–water partition coefficient (Wildman–Crippen LogP) is 5.04. The first-order valence-electron chi connectivity index (χ1n) is 12.1. The molecule has 194 valence electrons. The van der Waals surface area contributed by atoms with Crippen molar-refractivity contribution in [3.05, 3.63) is 89.2 Å². The van der Waals surface area contributed by atoms with E-state index in [2.05, 4.69) is 10.2 Å². The van der Waals surface area contributed by atoms with Crippen molar-refractivity contribution in [3.8, 4) is 5.75 Å². The third-order valence-corrected chi connectivity index (χ3v) is 7.22. The van der Waals surface area contributed by atoms with Crippen molar-refractivity contribution in [1.82, 2.24) is 5.32 Å². The van der Waals surface area contributed by atoms with Crippen LogP contribution >= 0.6 is 0 Å². The summed E-state index contributed by atoms with van der Waals surface area (Å²) in [5.41, 5.74) is 1.82. The monoisotopic (exact) mass is 513 g/mol. The minimum atomic E-state index is -4.47. The Hall–Kier alpha value is -3.75. The topological polar surface area (TPSA) is 44.8 Å². The third-order valence-electron chi connectivity index (χ3n) is 7.22. The van der Waals surface area contributed by atoms with Gasteiger partial charge in [0.15, 0.2) is 0 Å². The molecule has 2 aliphatic heterocycles. The van der Waals surface area contributed by atoms with Crippen LogP contribution in [0.5, 0.6) is 5.75 Å². The molecule has 3 aromatic carbocycles. The SMILES string of the molecule is COc1ccc(N2CCN3c4ccc(C(F)(F)F)cc4C[C@H](C(=O)NCc4ccccc4F)[C@H]3C2)cc1. The van der Waals surface area contributed by atoms with Gasteiger partial charge in [0.1, 0.15) is 11.6 Å². The van der Waals surface area contributed by atoms with Crippen molar-refractivity contribution >= 4 is 17.3 Å². The van der Waals surface area contributed by atoms with Gasteiger partial charge >= 0.3 is 6.18 Å². The highest BCUT2D eigenvalue weighted by molar-refractivity contribution is 5.82. The fraction of sp³-hybridized carbons (Fsp3) is 0.321. The lowest BCUT2D eigenvalue weighted by molar-refractivity contribution is -0.137. The second-order valence-electron chi connectivity index (χ2n) is 9.37. The number of hydrogen-bond acceptors (Lipinski definition) is 4. The van der Waals surface area contributed by atoms with E-state index in [4.69, 9.17) is 4.74 Å². The van der Waals surface area contributed by atoms with Crippen LogP contribution in [-0.2, 0) is 23.9 Å². The molecule has 0 unspecified atom stereocenters. The van der Waals surface area contributed by atoms with Gasteiger partial charge in [-0.1, -0.05) is 18.2 Å². The molecule has 9 heteroatoms. The van der Waals surface area contributed by atoms with Crippen LogP contribution in [0.15, 0.2) is 66.7 Å². The van der Waals surface area contributed by atoms with Crippen LogP contribution in [0.4, 0.5) is 28.9 Å². The average molecular weight is 514 g/mol. The van der Waals surface area contributed by atoms with Gasteiger partial charge < -0.3 is 19.9 Å². The molecule has 0 aliphatic carbocycles. The fourth-order valence-corrected chi connectivity index (χ4v) is 5.28. The lowest BCUT2D eigenvalue weighted by Crippen LogP contribution is -2.61. The lowest BCUT2D eigenvalue weighted by Gasteiger charge is -2.49. The van der Waals surface area contributed by atoms with Crippen LogP contribution < -0.4 is 19.9 Å². The molecule has 3 aromatic rings. The number of anilines is 2. The molecule has 5 nitrogen and oxygen atoms in total. The molecule has 0 aromatic heterocycles. The number of benzene rings is 3. The van der Waals surface area contributed by atoms with E-state index in [0.717, 1.165) is 29.3 Å². The fourth-order valence-electron chi connectivity index (χ4n) is 5.28. The zero-order valence-corrected chi connectivity index (χ0v) is 20.3. The highest BCUT2D eigenvalue weighted by Gasteiger charge is 2.42. The number of halogens is 4. The molecule has 2 aliphatic rings. The number of methoxy groups -OCH3 is 1. The Morgan fingerprint density at radius 2 is 1.81 bits per heavy atom. The summed E-state index contributed by atoms with van der Waals surface area (Å²) >= 11 is 0. The maximum absolute atomic E-state index is 14.1. The summed E-state index contributed by atoms with van der Waals surface area (Å²) in [6.07, 6.45) is -4.30. The molecule has 1 N–H and O–H groups in total. The minimum Gasteiger partial charge on any atom is -0.497 e. The van der Waals surface area contributed by atoms with Crippen LogP contribution in [0.25, 0.3) is 0 Å². The summed E-state index contributed by atoms with van der Waals surface area (Å²) in [6.45, 7) is 1.72. The van der Waals surface area contributed by atoms with Gasteiger partial charge in [-0.15, -0.1) is 0 Å². The first kappa shape index (κ1) is 24.9. The van der Waals surface area contributed by atoms with Gasteiger partial charge in [-0.3, -0.25) is 4.79 Å². The number of fused-ring (bicyclic) bond motifs is 3. The summed E-state index contributed by atoms with van der Waals surface area (Å²) in [6, 6.07) is 17.3. The number of alkyl halides is 3. The largest absolute Gasteiger partial charge is 0.497 e. The van der Waals surface area contributed by atoms with E-state index >= 15 is 0 Å². The molecule has 1 fully saturated rings. The van der Waals surface area contributed by atoms with Gasteiger partial charge in [0.2, 0.25) is 5.91 Å². The quantitative estimate of drug-likeness (QED) is 0.486. The molecule has 1 amide bonds. The van der Waals surface area contributed by atoms with E-state index in [-0.39, 0.29) is 24.9 Å². The molecular formula is C28H27F4N3O2.